The number of ether oxygens (including phenoxy) is 2. The van der Waals surface area contributed by atoms with Gasteiger partial charge in [0.2, 0.25) is 0 Å². The molecule has 1 heterocycles. The predicted molar refractivity (Wildman–Crippen MR) is 96.1 cm³/mol. The molecule has 0 amide bonds. The van der Waals surface area contributed by atoms with Crippen LogP contribution >= 0.6 is 27.5 Å². The molecule has 1 aliphatic rings. The summed E-state index contributed by atoms with van der Waals surface area (Å²) < 4.78 is 26.9. The van der Waals surface area contributed by atoms with Crippen molar-refractivity contribution in [3.63, 3.8) is 0 Å². The van der Waals surface area contributed by atoms with Gasteiger partial charge in [-0.3, -0.25) is 0 Å². The molecule has 0 saturated carbocycles. The van der Waals surface area contributed by atoms with Crippen molar-refractivity contribution in [1.29, 1.82) is 0 Å². The summed E-state index contributed by atoms with van der Waals surface area (Å²) in [6.45, 7) is 1.67. The van der Waals surface area contributed by atoms with E-state index in [-0.39, 0.29) is 5.56 Å². The van der Waals surface area contributed by atoms with Crippen LogP contribution < -0.4 is 15.2 Å². The van der Waals surface area contributed by atoms with Crippen LogP contribution in [0.3, 0.4) is 0 Å². The highest BCUT2D eigenvalue weighted by molar-refractivity contribution is 9.10. The van der Waals surface area contributed by atoms with Gasteiger partial charge in [0.25, 0.3) is 5.79 Å². The van der Waals surface area contributed by atoms with Gasteiger partial charge < -0.3 is 15.2 Å². The molecule has 2 N–H and O–H groups in total. The molecule has 0 aliphatic carbocycles. The van der Waals surface area contributed by atoms with Gasteiger partial charge in [-0.15, -0.1) is 0 Å². The Labute approximate surface area is 151 Å². The Kier molecular flexibility index (Phi) is 3.41. The SMILES string of the molecule is CC1(c2ccc(Cl)cc2F)Oc2cc3cc(N)c(Br)cc3cc2O1. The molecule has 1 unspecified atom stereocenters. The predicted octanol–water partition coefficient (Wildman–Crippen LogP) is 5.62. The molecule has 3 aromatic rings. The molecule has 0 spiro atoms. The molecule has 0 aromatic heterocycles. The van der Waals surface area contributed by atoms with E-state index < -0.39 is 11.6 Å². The first-order valence-corrected chi connectivity index (χ1v) is 8.39. The van der Waals surface area contributed by atoms with Gasteiger partial charge in [0.05, 0.1) is 5.56 Å². The molecule has 24 heavy (non-hydrogen) atoms. The summed E-state index contributed by atoms with van der Waals surface area (Å²) in [5, 5.41) is 2.18. The fraction of sp³-hybridized carbons (Fsp3) is 0.111. The summed E-state index contributed by atoms with van der Waals surface area (Å²) in [5.74, 6) is -0.636. The maximum atomic E-state index is 14.3. The van der Waals surface area contributed by atoms with Gasteiger partial charge in [0.15, 0.2) is 11.5 Å². The Morgan fingerprint density at radius 2 is 1.67 bits per heavy atom. The fourth-order valence-corrected chi connectivity index (χ4v) is 3.39. The quantitative estimate of drug-likeness (QED) is 0.531. The third kappa shape index (κ3) is 2.39. The highest BCUT2D eigenvalue weighted by Crippen LogP contribution is 2.47. The largest absolute Gasteiger partial charge is 0.444 e. The smallest absolute Gasteiger partial charge is 0.278 e. The van der Waals surface area contributed by atoms with Gasteiger partial charge in [-0.2, -0.15) is 0 Å². The molecule has 0 fully saturated rings. The van der Waals surface area contributed by atoms with Crippen LogP contribution in [0.5, 0.6) is 11.5 Å². The zero-order chi connectivity index (χ0) is 17.1. The molecule has 1 aliphatic heterocycles. The number of hydrogen-bond acceptors (Lipinski definition) is 3. The van der Waals surface area contributed by atoms with Crippen molar-refractivity contribution in [3.8, 4) is 11.5 Å². The summed E-state index contributed by atoms with van der Waals surface area (Å²) in [6, 6.07) is 11.9. The van der Waals surface area contributed by atoms with Gasteiger partial charge in [-0.05, 0) is 69.2 Å². The van der Waals surface area contributed by atoms with E-state index in [1.165, 1.54) is 6.07 Å². The van der Waals surface area contributed by atoms with Crippen LogP contribution in [0.25, 0.3) is 10.8 Å². The molecule has 6 heteroatoms. The average Bonchev–Trinajstić information content (AvgIpc) is 2.82. The number of hydrogen-bond donors (Lipinski definition) is 1. The molecular weight excluding hydrogens is 397 g/mol. The first kappa shape index (κ1) is 15.5. The first-order valence-electron chi connectivity index (χ1n) is 7.22. The van der Waals surface area contributed by atoms with Gasteiger partial charge in [-0.1, -0.05) is 11.6 Å². The number of rotatable bonds is 1. The second-order valence-electron chi connectivity index (χ2n) is 5.79. The molecule has 4 rings (SSSR count). The molecule has 122 valence electrons. The number of fused-ring (bicyclic) bond motifs is 2. The van der Waals surface area contributed by atoms with Crippen molar-refractivity contribution >= 4 is 44.0 Å². The van der Waals surface area contributed by atoms with Crippen LogP contribution in [-0.4, -0.2) is 0 Å². The number of nitrogens with two attached hydrogens (primary N) is 1. The van der Waals surface area contributed by atoms with Gasteiger partial charge in [-0.25, -0.2) is 4.39 Å². The lowest BCUT2D eigenvalue weighted by molar-refractivity contribution is -0.0706. The van der Waals surface area contributed by atoms with Crippen LogP contribution in [0.2, 0.25) is 5.02 Å². The molecule has 0 bridgehead atoms. The molecular formula is C18H12BrClFNO2. The van der Waals surface area contributed by atoms with Gasteiger partial charge >= 0.3 is 0 Å². The van der Waals surface area contributed by atoms with Crippen molar-refractivity contribution in [2.75, 3.05) is 5.73 Å². The maximum absolute atomic E-state index is 14.3. The number of anilines is 1. The lowest BCUT2D eigenvalue weighted by Gasteiger charge is -2.23. The number of benzene rings is 3. The molecule has 1 atom stereocenters. The van der Waals surface area contributed by atoms with Crippen LogP contribution in [-0.2, 0) is 5.79 Å². The molecule has 0 saturated heterocycles. The van der Waals surface area contributed by atoms with E-state index >= 15 is 0 Å². The summed E-state index contributed by atoms with van der Waals surface area (Å²) in [6.07, 6.45) is 0. The van der Waals surface area contributed by atoms with Crippen LogP contribution in [0.1, 0.15) is 12.5 Å². The highest BCUT2D eigenvalue weighted by atomic mass is 79.9. The van der Waals surface area contributed by atoms with Crippen LogP contribution in [0, 0.1) is 5.82 Å². The standard InChI is InChI=1S/C18H12BrClFNO2/c1-18(12-3-2-11(20)8-14(12)21)23-16-6-9-4-13(19)15(22)5-10(9)7-17(16)24-18/h2-8H,22H2,1H3. The lowest BCUT2D eigenvalue weighted by atomic mass is 10.1. The summed E-state index contributed by atoms with van der Waals surface area (Å²) in [4.78, 5) is 0. The first-order chi connectivity index (χ1) is 11.4. The van der Waals surface area contributed by atoms with E-state index in [0.717, 1.165) is 15.2 Å². The lowest BCUT2D eigenvalue weighted by Crippen LogP contribution is -2.32. The monoisotopic (exact) mass is 407 g/mol. The van der Waals surface area contributed by atoms with E-state index in [9.17, 15) is 4.39 Å². The van der Waals surface area contributed by atoms with E-state index in [2.05, 4.69) is 15.9 Å². The van der Waals surface area contributed by atoms with E-state index in [0.29, 0.717) is 22.2 Å². The van der Waals surface area contributed by atoms with Crippen molar-refractivity contribution in [2.24, 2.45) is 0 Å². The second-order valence-corrected chi connectivity index (χ2v) is 7.08. The minimum atomic E-state index is -1.25. The van der Waals surface area contributed by atoms with Crippen molar-refractivity contribution < 1.29 is 13.9 Å². The van der Waals surface area contributed by atoms with Gasteiger partial charge in [0.1, 0.15) is 5.82 Å². The Bertz CT molecular complexity index is 942. The molecule has 3 aromatic carbocycles. The molecule has 3 nitrogen and oxygen atoms in total. The Morgan fingerprint density at radius 1 is 1.04 bits per heavy atom. The highest BCUT2D eigenvalue weighted by Gasteiger charge is 2.41. The summed E-state index contributed by atoms with van der Waals surface area (Å²) in [7, 11) is 0. The van der Waals surface area contributed by atoms with Gasteiger partial charge in [0, 0.05) is 22.1 Å². The van der Waals surface area contributed by atoms with Crippen LogP contribution in [0.15, 0.2) is 46.9 Å². The second kappa shape index (κ2) is 5.26. The Morgan fingerprint density at radius 3 is 2.29 bits per heavy atom. The normalized spacial score (nSPS) is 19.0. The summed E-state index contributed by atoms with van der Waals surface area (Å²) in [5.41, 5.74) is 6.85. The van der Waals surface area contributed by atoms with E-state index in [4.69, 9.17) is 26.8 Å². The molecule has 0 radical (unpaired) electrons. The summed E-state index contributed by atoms with van der Waals surface area (Å²) >= 11 is 9.23. The van der Waals surface area contributed by atoms with Crippen molar-refractivity contribution in [1.82, 2.24) is 0 Å². The van der Waals surface area contributed by atoms with Crippen LogP contribution in [0.4, 0.5) is 10.1 Å². The Hall–Kier alpha value is -1.98. The Balaban J connectivity index is 1.81. The average molecular weight is 409 g/mol. The minimum Gasteiger partial charge on any atom is -0.444 e. The van der Waals surface area contributed by atoms with Crippen molar-refractivity contribution in [3.05, 3.63) is 63.3 Å². The third-order valence-corrected chi connectivity index (χ3v) is 4.97. The fourth-order valence-electron chi connectivity index (χ4n) is 2.87. The number of nitrogen functional groups attached to an aromatic ring is 1. The minimum absolute atomic E-state index is 0.285. The zero-order valence-electron chi connectivity index (χ0n) is 12.6. The number of halogens is 3. The van der Waals surface area contributed by atoms with Crippen molar-refractivity contribution in [2.45, 2.75) is 12.7 Å². The third-order valence-electron chi connectivity index (χ3n) is 4.05. The van der Waals surface area contributed by atoms with E-state index in [1.54, 1.807) is 19.1 Å². The van der Waals surface area contributed by atoms with E-state index in [1.807, 2.05) is 24.3 Å². The topological polar surface area (TPSA) is 44.5 Å². The zero-order valence-corrected chi connectivity index (χ0v) is 14.9. The maximum Gasteiger partial charge on any atom is 0.278 e.